The third kappa shape index (κ3) is 3.59. The number of nitrogens with one attached hydrogen (secondary N) is 1. The van der Waals surface area contributed by atoms with E-state index >= 15 is 0 Å². The Bertz CT molecular complexity index is 260. The molecule has 17 heavy (non-hydrogen) atoms. The molecule has 2 saturated carbocycles. The van der Waals surface area contributed by atoms with Gasteiger partial charge in [0.15, 0.2) is 0 Å². The predicted molar refractivity (Wildman–Crippen MR) is 72.1 cm³/mol. The van der Waals surface area contributed by atoms with E-state index in [1.54, 1.807) is 0 Å². The van der Waals surface area contributed by atoms with Crippen molar-refractivity contribution < 1.29 is 4.79 Å². The number of hydrogen-bond acceptors (Lipinski definition) is 2. The van der Waals surface area contributed by atoms with Crippen LogP contribution in [-0.4, -0.2) is 18.0 Å². The first-order valence-electron chi connectivity index (χ1n) is 6.74. The Morgan fingerprint density at radius 1 is 1.12 bits per heavy atom. The van der Waals surface area contributed by atoms with E-state index in [2.05, 4.69) is 12.2 Å². The van der Waals surface area contributed by atoms with Crippen molar-refractivity contribution in [2.45, 2.75) is 64.0 Å². The Labute approximate surface area is 110 Å². The van der Waals surface area contributed by atoms with Gasteiger partial charge >= 0.3 is 0 Å². The maximum absolute atomic E-state index is 12.1. The molecule has 0 radical (unpaired) electrons. The zero-order valence-corrected chi connectivity index (χ0v) is 11.5. The SMILES string of the molecule is CC1CCCCC1NC(=O)C1CCCC1N.Cl. The summed E-state index contributed by atoms with van der Waals surface area (Å²) in [5.41, 5.74) is 5.96. The minimum absolute atomic E-state index is 0. The summed E-state index contributed by atoms with van der Waals surface area (Å²) in [5.74, 6) is 0.924. The highest BCUT2D eigenvalue weighted by molar-refractivity contribution is 5.85. The van der Waals surface area contributed by atoms with Gasteiger partial charge in [-0.1, -0.05) is 26.2 Å². The molecule has 0 spiro atoms. The molecule has 0 aliphatic heterocycles. The number of carbonyl (C=O) groups excluding carboxylic acids is 1. The lowest BCUT2D eigenvalue weighted by atomic mass is 9.85. The quantitative estimate of drug-likeness (QED) is 0.800. The van der Waals surface area contributed by atoms with Crippen LogP contribution in [0.25, 0.3) is 0 Å². The predicted octanol–water partition coefficient (Wildman–Crippen LogP) is 2.23. The van der Waals surface area contributed by atoms with E-state index in [1.165, 1.54) is 19.3 Å². The molecule has 1 amide bonds. The van der Waals surface area contributed by atoms with Crippen molar-refractivity contribution in [3.8, 4) is 0 Å². The van der Waals surface area contributed by atoms with Crippen LogP contribution in [0.3, 0.4) is 0 Å². The second-order valence-electron chi connectivity index (χ2n) is 5.58. The summed E-state index contributed by atoms with van der Waals surface area (Å²) in [6.45, 7) is 2.25. The number of nitrogens with two attached hydrogens (primary N) is 1. The highest BCUT2D eigenvalue weighted by Crippen LogP contribution is 2.27. The highest BCUT2D eigenvalue weighted by Gasteiger charge is 2.32. The van der Waals surface area contributed by atoms with Crippen molar-refractivity contribution in [2.24, 2.45) is 17.6 Å². The second-order valence-corrected chi connectivity index (χ2v) is 5.58. The highest BCUT2D eigenvalue weighted by atomic mass is 35.5. The molecule has 3 N–H and O–H groups in total. The molecule has 2 aliphatic carbocycles. The van der Waals surface area contributed by atoms with Gasteiger partial charge in [-0.05, 0) is 31.6 Å². The molecule has 4 atom stereocenters. The fraction of sp³-hybridized carbons (Fsp3) is 0.923. The summed E-state index contributed by atoms with van der Waals surface area (Å²) < 4.78 is 0. The van der Waals surface area contributed by atoms with Crippen molar-refractivity contribution >= 4 is 18.3 Å². The second kappa shape index (κ2) is 6.60. The molecule has 0 bridgehead atoms. The molecule has 4 unspecified atom stereocenters. The van der Waals surface area contributed by atoms with Gasteiger partial charge in [0.2, 0.25) is 5.91 Å². The fourth-order valence-electron chi connectivity index (χ4n) is 3.13. The molecule has 100 valence electrons. The standard InChI is InChI=1S/C13H24N2O.ClH/c1-9-5-2-3-8-12(9)15-13(16)10-6-4-7-11(10)14;/h9-12H,2-8,14H2,1H3,(H,15,16);1H. The molecule has 0 aromatic heterocycles. The van der Waals surface area contributed by atoms with Crippen molar-refractivity contribution in [3.63, 3.8) is 0 Å². The van der Waals surface area contributed by atoms with Gasteiger partial charge in [0.25, 0.3) is 0 Å². The first-order valence-corrected chi connectivity index (χ1v) is 6.74. The zero-order chi connectivity index (χ0) is 11.5. The van der Waals surface area contributed by atoms with Gasteiger partial charge in [0.05, 0.1) is 5.92 Å². The third-order valence-electron chi connectivity index (χ3n) is 4.35. The van der Waals surface area contributed by atoms with Gasteiger partial charge in [-0.3, -0.25) is 4.79 Å². The Morgan fingerprint density at radius 2 is 1.82 bits per heavy atom. The molecule has 0 aromatic carbocycles. The molecule has 2 fully saturated rings. The largest absolute Gasteiger partial charge is 0.353 e. The third-order valence-corrected chi connectivity index (χ3v) is 4.35. The monoisotopic (exact) mass is 260 g/mol. The van der Waals surface area contributed by atoms with Gasteiger partial charge in [0, 0.05) is 12.1 Å². The van der Waals surface area contributed by atoms with E-state index < -0.39 is 0 Å². The van der Waals surface area contributed by atoms with Gasteiger partial charge in [-0.15, -0.1) is 12.4 Å². The summed E-state index contributed by atoms with van der Waals surface area (Å²) in [6.07, 6.45) is 8.07. The topological polar surface area (TPSA) is 55.1 Å². The molecule has 3 nitrogen and oxygen atoms in total. The summed E-state index contributed by atoms with van der Waals surface area (Å²) in [4.78, 5) is 12.1. The Morgan fingerprint density at radius 3 is 2.41 bits per heavy atom. The molecule has 2 aliphatic rings. The molecular weight excluding hydrogens is 236 g/mol. The number of halogens is 1. The number of hydrogen-bond donors (Lipinski definition) is 2. The zero-order valence-electron chi connectivity index (χ0n) is 10.7. The van der Waals surface area contributed by atoms with Crippen LogP contribution in [0.15, 0.2) is 0 Å². The first-order chi connectivity index (χ1) is 7.68. The van der Waals surface area contributed by atoms with Crippen LogP contribution in [0.4, 0.5) is 0 Å². The Balaban J connectivity index is 0.00000144. The maximum atomic E-state index is 12.1. The van der Waals surface area contributed by atoms with Gasteiger partial charge in [-0.2, -0.15) is 0 Å². The minimum Gasteiger partial charge on any atom is -0.353 e. The van der Waals surface area contributed by atoms with Crippen LogP contribution in [0.5, 0.6) is 0 Å². The molecule has 0 heterocycles. The van der Waals surface area contributed by atoms with Crippen LogP contribution >= 0.6 is 12.4 Å². The summed E-state index contributed by atoms with van der Waals surface area (Å²) in [6, 6.07) is 0.493. The Hall–Kier alpha value is -0.280. The number of carbonyl (C=O) groups is 1. The normalized spacial score (nSPS) is 37.3. The number of amides is 1. The lowest BCUT2D eigenvalue weighted by molar-refractivity contribution is -0.126. The van der Waals surface area contributed by atoms with Gasteiger partial charge < -0.3 is 11.1 Å². The van der Waals surface area contributed by atoms with Crippen LogP contribution in [-0.2, 0) is 4.79 Å². The van der Waals surface area contributed by atoms with E-state index in [1.807, 2.05) is 0 Å². The van der Waals surface area contributed by atoms with Gasteiger partial charge in [0.1, 0.15) is 0 Å². The molecular formula is C13H25ClN2O. The lowest BCUT2D eigenvalue weighted by Gasteiger charge is -2.31. The maximum Gasteiger partial charge on any atom is 0.224 e. The van der Waals surface area contributed by atoms with Crippen molar-refractivity contribution in [1.29, 1.82) is 0 Å². The van der Waals surface area contributed by atoms with E-state index in [0.29, 0.717) is 12.0 Å². The average molecular weight is 261 g/mol. The van der Waals surface area contributed by atoms with Crippen LogP contribution < -0.4 is 11.1 Å². The van der Waals surface area contributed by atoms with Crippen LogP contribution in [0.1, 0.15) is 51.9 Å². The van der Waals surface area contributed by atoms with Crippen molar-refractivity contribution in [3.05, 3.63) is 0 Å². The summed E-state index contributed by atoms with van der Waals surface area (Å²) in [7, 11) is 0. The van der Waals surface area contributed by atoms with Crippen LogP contribution in [0.2, 0.25) is 0 Å². The van der Waals surface area contributed by atoms with E-state index in [9.17, 15) is 4.79 Å². The molecule has 0 aromatic rings. The van der Waals surface area contributed by atoms with Gasteiger partial charge in [-0.25, -0.2) is 0 Å². The smallest absolute Gasteiger partial charge is 0.224 e. The molecule has 2 rings (SSSR count). The average Bonchev–Trinajstić information content (AvgIpc) is 2.68. The summed E-state index contributed by atoms with van der Waals surface area (Å²) >= 11 is 0. The van der Waals surface area contributed by atoms with Crippen molar-refractivity contribution in [1.82, 2.24) is 5.32 Å². The van der Waals surface area contributed by atoms with Crippen LogP contribution in [0, 0.1) is 11.8 Å². The van der Waals surface area contributed by atoms with E-state index in [-0.39, 0.29) is 30.3 Å². The fourth-order valence-corrected chi connectivity index (χ4v) is 3.13. The summed E-state index contributed by atoms with van der Waals surface area (Å²) in [5, 5.41) is 3.22. The number of rotatable bonds is 2. The van der Waals surface area contributed by atoms with E-state index in [0.717, 1.165) is 25.7 Å². The molecule has 0 saturated heterocycles. The Kier molecular flexibility index (Phi) is 5.74. The molecule has 4 heteroatoms. The van der Waals surface area contributed by atoms with Crippen molar-refractivity contribution in [2.75, 3.05) is 0 Å². The minimum atomic E-state index is 0. The first kappa shape index (κ1) is 14.8. The van der Waals surface area contributed by atoms with E-state index in [4.69, 9.17) is 5.73 Å². The lowest BCUT2D eigenvalue weighted by Crippen LogP contribution is -2.46.